The Hall–Kier alpha value is -1.84. The van der Waals surface area contributed by atoms with E-state index in [1.807, 2.05) is 6.07 Å². The van der Waals surface area contributed by atoms with Gasteiger partial charge in [0.1, 0.15) is 12.7 Å². The molecule has 2 aromatic rings. The molecule has 1 fully saturated rings. The van der Waals surface area contributed by atoms with Crippen LogP contribution in [0.1, 0.15) is 25.3 Å². The highest BCUT2D eigenvalue weighted by Crippen LogP contribution is 2.18. The highest BCUT2D eigenvalue weighted by molar-refractivity contribution is 7.87. The topological polar surface area (TPSA) is 93.0 Å². The van der Waals surface area contributed by atoms with Crippen molar-refractivity contribution in [3.05, 3.63) is 36.5 Å². The van der Waals surface area contributed by atoms with Crippen molar-refractivity contribution in [1.29, 1.82) is 0 Å². The summed E-state index contributed by atoms with van der Waals surface area (Å²) in [5, 5.41) is 4.05. The van der Waals surface area contributed by atoms with E-state index in [0.717, 1.165) is 18.4 Å². The largest absolute Gasteiger partial charge is 0.279 e. The molecule has 0 radical (unpaired) electrons. The van der Waals surface area contributed by atoms with Gasteiger partial charge in [-0.05, 0) is 24.8 Å². The monoisotopic (exact) mass is 336 g/mol. The van der Waals surface area contributed by atoms with E-state index >= 15 is 0 Å². The molecule has 0 bridgehead atoms. The summed E-state index contributed by atoms with van der Waals surface area (Å²) >= 11 is 0. The fraction of sp³-hybridized carbons (Fsp3) is 0.500. The van der Waals surface area contributed by atoms with Crippen molar-refractivity contribution in [3.8, 4) is 5.82 Å². The average molecular weight is 336 g/mol. The molecule has 0 aliphatic carbocycles. The predicted molar refractivity (Wildman–Crippen MR) is 84.9 cm³/mol. The second-order valence-corrected chi connectivity index (χ2v) is 7.51. The van der Waals surface area contributed by atoms with Gasteiger partial charge in [0, 0.05) is 31.4 Å². The Morgan fingerprint density at radius 3 is 3.04 bits per heavy atom. The van der Waals surface area contributed by atoms with Gasteiger partial charge >= 0.3 is 0 Å². The predicted octanol–water partition coefficient (Wildman–Crippen LogP) is 0.729. The van der Waals surface area contributed by atoms with Crippen LogP contribution in [0.15, 0.2) is 31.0 Å². The number of piperidine rings is 1. The van der Waals surface area contributed by atoms with Crippen LogP contribution >= 0.6 is 0 Å². The van der Waals surface area contributed by atoms with Gasteiger partial charge in [0.2, 0.25) is 0 Å². The van der Waals surface area contributed by atoms with Gasteiger partial charge in [0.15, 0.2) is 5.82 Å². The third-order valence-corrected chi connectivity index (χ3v) is 5.43. The van der Waals surface area contributed by atoms with Gasteiger partial charge in [-0.25, -0.2) is 14.6 Å². The molecular weight excluding hydrogens is 316 g/mol. The molecule has 1 N–H and O–H groups in total. The molecule has 1 saturated heterocycles. The van der Waals surface area contributed by atoms with Crippen LogP contribution in [0.5, 0.6) is 0 Å². The van der Waals surface area contributed by atoms with Gasteiger partial charge in [0.25, 0.3) is 10.2 Å². The van der Waals surface area contributed by atoms with Crippen LogP contribution in [-0.2, 0) is 16.8 Å². The van der Waals surface area contributed by atoms with Crippen LogP contribution in [0.2, 0.25) is 0 Å². The molecule has 23 heavy (non-hydrogen) atoms. The maximum atomic E-state index is 12.5. The maximum absolute atomic E-state index is 12.5. The molecular formula is C14H20N6O2S. The Morgan fingerprint density at radius 2 is 2.30 bits per heavy atom. The minimum Gasteiger partial charge on any atom is -0.237 e. The number of nitrogens with zero attached hydrogens (tertiary/aromatic N) is 5. The fourth-order valence-electron chi connectivity index (χ4n) is 2.72. The number of hydrogen-bond acceptors (Lipinski definition) is 5. The Bertz CT molecular complexity index is 746. The lowest BCUT2D eigenvalue weighted by Crippen LogP contribution is -2.45. The summed E-state index contributed by atoms with van der Waals surface area (Å²) in [5.74, 6) is 0.962. The summed E-state index contributed by atoms with van der Waals surface area (Å²) < 4.78 is 30.6. The number of pyridine rings is 1. The van der Waals surface area contributed by atoms with Crippen LogP contribution in [0.25, 0.3) is 5.82 Å². The third kappa shape index (κ3) is 3.74. The minimum atomic E-state index is -3.49. The van der Waals surface area contributed by atoms with Crippen molar-refractivity contribution in [2.75, 3.05) is 13.1 Å². The minimum absolute atomic E-state index is 0.163. The van der Waals surface area contributed by atoms with E-state index in [4.69, 9.17) is 0 Å². The van der Waals surface area contributed by atoms with Crippen molar-refractivity contribution >= 4 is 10.2 Å². The highest BCUT2D eigenvalue weighted by Gasteiger charge is 2.26. The molecule has 0 aromatic carbocycles. The fourth-order valence-corrected chi connectivity index (χ4v) is 4.06. The Balaban J connectivity index is 1.73. The molecule has 1 unspecified atom stereocenters. The van der Waals surface area contributed by atoms with E-state index in [1.165, 1.54) is 21.6 Å². The van der Waals surface area contributed by atoms with Crippen molar-refractivity contribution in [1.82, 2.24) is 28.8 Å². The van der Waals surface area contributed by atoms with Crippen molar-refractivity contribution in [2.45, 2.75) is 26.3 Å². The lowest BCUT2D eigenvalue weighted by Gasteiger charge is -2.30. The zero-order valence-corrected chi connectivity index (χ0v) is 13.8. The van der Waals surface area contributed by atoms with Crippen LogP contribution in [-0.4, -0.2) is 45.6 Å². The summed E-state index contributed by atoms with van der Waals surface area (Å²) in [7, 11) is -3.49. The number of hydrogen-bond donors (Lipinski definition) is 1. The molecule has 3 heterocycles. The Kier molecular flexibility index (Phi) is 4.69. The molecule has 1 aliphatic heterocycles. The molecule has 0 saturated carbocycles. The van der Waals surface area contributed by atoms with Gasteiger partial charge < -0.3 is 0 Å². The first-order valence-corrected chi connectivity index (χ1v) is 9.04. The van der Waals surface area contributed by atoms with Gasteiger partial charge in [0.05, 0.1) is 0 Å². The Morgan fingerprint density at radius 1 is 1.43 bits per heavy atom. The summed E-state index contributed by atoms with van der Waals surface area (Å²) in [6.07, 6.45) is 6.57. The quantitative estimate of drug-likeness (QED) is 0.869. The molecule has 2 aromatic heterocycles. The normalized spacial score (nSPS) is 19.8. The maximum Gasteiger partial charge on any atom is 0.279 e. The number of nitrogens with one attached hydrogen (secondary N) is 1. The molecule has 8 nitrogen and oxygen atoms in total. The van der Waals surface area contributed by atoms with E-state index < -0.39 is 10.2 Å². The standard InChI is InChI=1S/C14H20N6O2S/c1-12-4-3-7-19(9-12)23(21,22)18-8-13-5-2-6-16-14(13)20-11-15-10-17-20/h2,5-6,10-12,18H,3-4,7-9H2,1H3. The molecule has 3 rings (SSSR count). The van der Waals surface area contributed by atoms with Crippen molar-refractivity contribution < 1.29 is 8.42 Å². The number of rotatable bonds is 5. The van der Waals surface area contributed by atoms with Crippen LogP contribution < -0.4 is 4.72 Å². The second kappa shape index (κ2) is 6.73. The molecule has 0 amide bonds. The molecule has 9 heteroatoms. The van der Waals surface area contributed by atoms with Gasteiger partial charge in [-0.15, -0.1) is 0 Å². The summed E-state index contributed by atoms with van der Waals surface area (Å²) in [6.45, 7) is 3.38. The van der Waals surface area contributed by atoms with Gasteiger partial charge in [-0.3, -0.25) is 0 Å². The molecule has 124 valence electrons. The van der Waals surface area contributed by atoms with Crippen LogP contribution in [0, 0.1) is 5.92 Å². The lowest BCUT2D eigenvalue weighted by molar-refractivity contribution is 0.278. The first kappa shape index (κ1) is 16.0. The summed E-state index contributed by atoms with van der Waals surface area (Å²) in [4.78, 5) is 8.15. The summed E-state index contributed by atoms with van der Waals surface area (Å²) in [6, 6.07) is 3.60. The molecule has 0 spiro atoms. The number of aromatic nitrogens is 4. The molecule has 1 atom stereocenters. The third-order valence-electron chi connectivity index (χ3n) is 3.91. The van der Waals surface area contributed by atoms with E-state index in [1.54, 1.807) is 12.3 Å². The van der Waals surface area contributed by atoms with Crippen LogP contribution in [0.3, 0.4) is 0 Å². The highest BCUT2D eigenvalue weighted by atomic mass is 32.2. The first-order valence-electron chi connectivity index (χ1n) is 7.60. The SMILES string of the molecule is CC1CCCN(S(=O)(=O)NCc2cccnc2-n2cncn2)C1. The van der Waals surface area contributed by atoms with Crippen LogP contribution in [0.4, 0.5) is 0 Å². The van der Waals surface area contributed by atoms with E-state index in [0.29, 0.717) is 24.8 Å². The zero-order valence-electron chi connectivity index (χ0n) is 13.0. The van der Waals surface area contributed by atoms with E-state index in [-0.39, 0.29) is 6.54 Å². The van der Waals surface area contributed by atoms with Gasteiger partial charge in [-0.1, -0.05) is 13.0 Å². The average Bonchev–Trinajstić information content (AvgIpc) is 3.08. The van der Waals surface area contributed by atoms with Gasteiger partial charge in [-0.2, -0.15) is 22.5 Å². The van der Waals surface area contributed by atoms with E-state index in [2.05, 4.69) is 26.7 Å². The zero-order chi connectivity index (χ0) is 16.3. The van der Waals surface area contributed by atoms with Crippen molar-refractivity contribution in [3.63, 3.8) is 0 Å². The smallest absolute Gasteiger partial charge is 0.237 e. The van der Waals surface area contributed by atoms with E-state index in [9.17, 15) is 8.42 Å². The van der Waals surface area contributed by atoms with Crippen molar-refractivity contribution in [2.24, 2.45) is 5.92 Å². The second-order valence-electron chi connectivity index (χ2n) is 5.76. The molecule has 1 aliphatic rings. The summed E-state index contributed by atoms with van der Waals surface area (Å²) in [5.41, 5.74) is 0.742. The lowest BCUT2D eigenvalue weighted by atomic mass is 10.0. The first-order chi connectivity index (χ1) is 11.1. The Labute approximate surface area is 135 Å².